The highest BCUT2D eigenvalue weighted by Crippen LogP contribution is 2.22. The van der Waals surface area contributed by atoms with E-state index in [2.05, 4.69) is 0 Å². The molecule has 1 aromatic rings. The maximum atomic E-state index is 9.08. The van der Waals surface area contributed by atoms with E-state index in [0.717, 1.165) is 11.1 Å². The third kappa shape index (κ3) is 2.23. The number of nitrogens with two attached hydrogens (primary N) is 2. The van der Waals surface area contributed by atoms with Crippen molar-refractivity contribution in [2.75, 3.05) is 13.7 Å². The minimum atomic E-state index is -0.189. The Morgan fingerprint density at radius 3 is 2.71 bits per heavy atom. The third-order valence-electron chi connectivity index (χ3n) is 2.16. The van der Waals surface area contributed by atoms with E-state index in [1.807, 2.05) is 12.1 Å². The summed E-state index contributed by atoms with van der Waals surface area (Å²) in [5, 5.41) is 9.08. The first kappa shape index (κ1) is 11.0. The first-order valence-corrected chi connectivity index (χ1v) is 4.46. The fourth-order valence-electron chi connectivity index (χ4n) is 1.29. The largest absolute Gasteiger partial charge is 0.496 e. The molecule has 0 aliphatic rings. The zero-order valence-corrected chi connectivity index (χ0v) is 8.23. The van der Waals surface area contributed by atoms with Crippen LogP contribution in [0.25, 0.3) is 0 Å². The van der Waals surface area contributed by atoms with Crippen molar-refractivity contribution >= 4 is 0 Å². The molecule has 4 heteroatoms. The van der Waals surface area contributed by atoms with Gasteiger partial charge in [-0.1, -0.05) is 6.07 Å². The molecule has 0 saturated heterocycles. The lowest BCUT2D eigenvalue weighted by molar-refractivity contribution is 0.273. The summed E-state index contributed by atoms with van der Waals surface area (Å²) in [6.45, 7) is 0.325. The number of aliphatic hydroxyl groups is 1. The molecule has 5 N–H and O–H groups in total. The Hall–Kier alpha value is -1.10. The van der Waals surface area contributed by atoms with Gasteiger partial charge < -0.3 is 21.3 Å². The number of aliphatic hydroxyl groups excluding tert-OH is 1. The van der Waals surface area contributed by atoms with E-state index in [1.54, 1.807) is 13.2 Å². The molecule has 1 atom stereocenters. The van der Waals surface area contributed by atoms with Gasteiger partial charge in [0, 0.05) is 18.2 Å². The van der Waals surface area contributed by atoms with E-state index < -0.39 is 0 Å². The summed E-state index contributed by atoms with van der Waals surface area (Å²) >= 11 is 0. The van der Waals surface area contributed by atoms with E-state index in [1.165, 1.54) is 0 Å². The number of ether oxygens (including phenoxy) is 1. The van der Waals surface area contributed by atoms with Gasteiger partial charge in [-0.2, -0.15) is 0 Å². The molecule has 0 heterocycles. The lowest BCUT2D eigenvalue weighted by Crippen LogP contribution is -2.20. The Kier molecular flexibility index (Phi) is 3.88. The Morgan fingerprint density at radius 2 is 2.21 bits per heavy atom. The molecule has 1 rings (SSSR count). The van der Waals surface area contributed by atoms with Crippen molar-refractivity contribution in [1.29, 1.82) is 0 Å². The van der Waals surface area contributed by atoms with Crippen molar-refractivity contribution in [2.45, 2.75) is 12.6 Å². The highest BCUT2D eigenvalue weighted by atomic mass is 16.5. The lowest BCUT2D eigenvalue weighted by Gasteiger charge is -2.12. The Bertz CT molecular complexity index is 302. The third-order valence-corrected chi connectivity index (χ3v) is 2.16. The van der Waals surface area contributed by atoms with Crippen LogP contribution in [0, 0.1) is 0 Å². The zero-order valence-electron chi connectivity index (χ0n) is 8.23. The van der Waals surface area contributed by atoms with Crippen molar-refractivity contribution in [3.05, 3.63) is 29.3 Å². The highest BCUT2D eigenvalue weighted by molar-refractivity contribution is 5.38. The monoisotopic (exact) mass is 196 g/mol. The lowest BCUT2D eigenvalue weighted by atomic mass is 10.0. The van der Waals surface area contributed by atoms with Gasteiger partial charge in [0.25, 0.3) is 0 Å². The summed E-state index contributed by atoms with van der Waals surface area (Å²) in [6, 6.07) is 5.27. The van der Waals surface area contributed by atoms with Crippen molar-refractivity contribution in [2.24, 2.45) is 11.5 Å². The van der Waals surface area contributed by atoms with Gasteiger partial charge in [-0.25, -0.2) is 0 Å². The molecule has 0 aliphatic heterocycles. The van der Waals surface area contributed by atoms with Crippen LogP contribution in [-0.4, -0.2) is 18.8 Å². The van der Waals surface area contributed by atoms with Gasteiger partial charge in [-0.3, -0.25) is 0 Å². The van der Waals surface area contributed by atoms with E-state index in [0.29, 0.717) is 12.3 Å². The average Bonchev–Trinajstić information content (AvgIpc) is 2.26. The molecule has 0 aliphatic carbocycles. The summed E-state index contributed by atoms with van der Waals surface area (Å²) < 4.78 is 5.07. The molecule has 78 valence electrons. The minimum absolute atomic E-state index is 0.0612. The van der Waals surface area contributed by atoms with Gasteiger partial charge in [-0.15, -0.1) is 0 Å². The number of methoxy groups -OCH3 is 1. The molecule has 0 bridgehead atoms. The summed E-state index contributed by atoms with van der Waals surface area (Å²) in [5.74, 6) is 0.667. The first-order chi connectivity index (χ1) is 6.72. The number of benzene rings is 1. The normalized spacial score (nSPS) is 12.6. The van der Waals surface area contributed by atoms with Crippen LogP contribution in [0.3, 0.4) is 0 Å². The Balaban J connectivity index is 3.01. The summed E-state index contributed by atoms with van der Waals surface area (Å²) in [6.07, 6.45) is 0. The molecule has 0 fully saturated rings. The van der Waals surface area contributed by atoms with Crippen LogP contribution >= 0.6 is 0 Å². The molecule has 0 saturated carbocycles. The summed E-state index contributed by atoms with van der Waals surface area (Å²) in [5.41, 5.74) is 12.9. The standard InChI is InChI=1S/C10H16N2O2/c1-14-10-3-2-7(9(12)5-11)4-8(10)6-13/h2-4,9,13H,5-6,11-12H2,1H3/t9-/m0/s1. The first-order valence-electron chi connectivity index (χ1n) is 4.46. The molecule has 4 nitrogen and oxygen atoms in total. The predicted octanol–water partition coefficient (Wildman–Crippen LogP) is 0.146. The molecule has 0 radical (unpaired) electrons. The second kappa shape index (κ2) is 4.95. The molecule has 0 unspecified atom stereocenters. The average molecular weight is 196 g/mol. The predicted molar refractivity (Wildman–Crippen MR) is 54.9 cm³/mol. The Labute approximate surface area is 83.5 Å². The topological polar surface area (TPSA) is 81.5 Å². The van der Waals surface area contributed by atoms with Crippen molar-refractivity contribution in [1.82, 2.24) is 0 Å². The molecule has 0 spiro atoms. The molecule has 1 aromatic carbocycles. The van der Waals surface area contributed by atoms with Crippen molar-refractivity contribution < 1.29 is 9.84 Å². The molecule has 0 aromatic heterocycles. The summed E-state index contributed by atoms with van der Waals surface area (Å²) in [7, 11) is 1.57. The van der Waals surface area contributed by atoms with E-state index in [4.69, 9.17) is 21.3 Å². The number of hydrogen-bond donors (Lipinski definition) is 3. The molecular weight excluding hydrogens is 180 g/mol. The quantitative estimate of drug-likeness (QED) is 0.640. The van der Waals surface area contributed by atoms with Crippen LogP contribution in [0.5, 0.6) is 5.75 Å². The SMILES string of the molecule is COc1ccc([C@@H](N)CN)cc1CO. The van der Waals surface area contributed by atoms with Gasteiger partial charge in [0.15, 0.2) is 0 Å². The fourth-order valence-corrected chi connectivity index (χ4v) is 1.29. The van der Waals surface area contributed by atoms with Gasteiger partial charge in [0.1, 0.15) is 5.75 Å². The second-order valence-electron chi connectivity index (χ2n) is 3.07. The maximum Gasteiger partial charge on any atom is 0.124 e. The van der Waals surface area contributed by atoms with Crippen LogP contribution in [0.15, 0.2) is 18.2 Å². The van der Waals surface area contributed by atoms with Gasteiger partial charge in [0.05, 0.1) is 13.7 Å². The number of rotatable bonds is 4. The molecule has 0 amide bonds. The maximum absolute atomic E-state index is 9.08. The number of hydrogen-bond acceptors (Lipinski definition) is 4. The van der Waals surface area contributed by atoms with E-state index in [-0.39, 0.29) is 12.6 Å². The zero-order chi connectivity index (χ0) is 10.6. The van der Waals surface area contributed by atoms with Crippen LogP contribution < -0.4 is 16.2 Å². The smallest absolute Gasteiger partial charge is 0.124 e. The minimum Gasteiger partial charge on any atom is -0.496 e. The van der Waals surface area contributed by atoms with Crippen molar-refractivity contribution in [3.63, 3.8) is 0 Å². The van der Waals surface area contributed by atoms with Gasteiger partial charge in [0.2, 0.25) is 0 Å². The van der Waals surface area contributed by atoms with Crippen LogP contribution in [0.1, 0.15) is 17.2 Å². The van der Waals surface area contributed by atoms with Crippen LogP contribution in [0.4, 0.5) is 0 Å². The van der Waals surface area contributed by atoms with Gasteiger partial charge in [-0.05, 0) is 17.7 Å². The van der Waals surface area contributed by atoms with E-state index in [9.17, 15) is 0 Å². The van der Waals surface area contributed by atoms with Crippen molar-refractivity contribution in [3.8, 4) is 5.75 Å². The Morgan fingerprint density at radius 1 is 1.50 bits per heavy atom. The highest BCUT2D eigenvalue weighted by Gasteiger charge is 2.07. The van der Waals surface area contributed by atoms with E-state index >= 15 is 0 Å². The van der Waals surface area contributed by atoms with Crippen LogP contribution in [0.2, 0.25) is 0 Å². The molecule has 14 heavy (non-hydrogen) atoms. The van der Waals surface area contributed by atoms with Crippen LogP contribution in [-0.2, 0) is 6.61 Å². The van der Waals surface area contributed by atoms with Gasteiger partial charge >= 0.3 is 0 Å². The summed E-state index contributed by atoms with van der Waals surface area (Å²) in [4.78, 5) is 0. The fraction of sp³-hybridized carbons (Fsp3) is 0.400. The molecular formula is C10H16N2O2. The second-order valence-corrected chi connectivity index (χ2v) is 3.07.